The number of halogens is 1. The summed E-state index contributed by atoms with van der Waals surface area (Å²) >= 11 is 3.45. The van der Waals surface area contributed by atoms with Gasteiger partial charge >= 0.3 is 0 Å². The average molecular weight is 299 g/mol. The minimum atomic E-state index is 0.101. The SMILES string of the molecule is CC(=O)c1ccc(Br)cc1N(C)CCN(C)C. The second-order valence-electron chi connectivity index (χ2n) is 4.44. The van der Waals surface area contributed by atoms with Crippen molar-refractivity contribution in [3.63, 3.8) is 0 Å². The molecule has 0 bridgehead atoms. The van der Waals surface area contributed by atoms with E-state index in [0.717, 1.165) is 28.8 Å². The third-order valence-corrected chi connectivity index (χ3v) is 3.13. The molecule has 0 aliphatic heterocycles. The topological polar surface area (TPSA) is 23.6 Å². The Hall–Kier alpha value is -0.870. The number of carbonyl (C=O) groups is 1. The minimum absolute atomic E-state index is 0.101. The van der Waals surface area contributed by atoms with Crippen molar-refractivity contribution in [2.45, 2.75) is 6.92 Å². The third-order valence-electron chi connectivity index (χ3n) is 2.63. The van der Waals surface area contributed by atoms with Crippen LogP contribution in [0.3, 0.4) is 0 Å². The lowest BCUT2D eigenvalue weighted by Gasteiger charge is -2.23. The molecular formula is C13H19BrN2O. The van der Waals surface area contributed by atoms with Gasteiger partial charge in [0.2, 0.25) is 0 Å². The number of anilines is 1. The molecule has 0 aliphatic carbocycles. The van der Waals surface area contributed by atoms with Gasteiger partial charge in [0, 0.05) is 35.9 Å². The molecule has 0 saturated carbocycles. The number of Topliss-reactive ketones (excluding diaryl/α,β-unsaturated/α-hetero) is 1. The summed E-state index contributed by atoms with van der Waals surface area (Å²) in [4.78, 5) is 15.8. The predicted octanol–water partition coefficient (Wildman–Crippen LogP) is 2.65. The van der Waals surface area contributed by atoms with Gasteiger partial charge in [0.05, 0.1) is 0 Å². The molecule has 0 saturated heterocycles. The molecule has 0 spiro atoms. The van der Waals surface area contributed by atoms with Gasteiger partial charge in [0.1, 0.15) is 0 Å². The average Bonchev–Trinajstić information content (AvgIpc) is 2.25. The zero-order valence-corrected chi connectivity index (χ0v) is 12.4. The minimum Gasteiger partial charge on any atom is -0.373 e. The van der Waals surface area contributed by atoms with Crippen molar-refractivity contribution in [1.29, 1.82) is 0 Å². The van der Waals surface area contributed by atoms with Gasteiger partial charge in [0.25, 0.3) is 0 Å². The van der Waals surface area contributed by atoms with Crippen molar-refractivity contribution in [2.24, 2.45) is 0 Å². The molecular weight excluding hydrogens is 280 g/mol. The maximum Gasteiger partial charge on any atom is 0.161 e. The van der Waals surface area contributed by atoms with Crippen molar-refractivity contribution in [1.82, 2.24) is 4.90 Å². The Morgan fingerprint density at radius 2 is 1.88 bits per heavy atom. The zero-order chi connectivity index (χ0) is 13.0. The number of likely N-dealkylation sites (N-methyl/N-ethyl adjacent to an activating group) is 2. The van der Waals surface area contributed by atoms with Gasteiger partial charge in [0.15, 0.2) is 5.78 Å². The number of ketones is 1. The molecule has 0 fully saturated rings. The smallest absolute Gasteiger partial charge is 0.161 e. The lowest BCUT2D eigenvalue weighted by molar-refractivity contribution is 0.101. The van der Waals surface area contributed by atoms with Gasteiger partial charge < -0.3 is 9.80 Å². The number of carbonyl (C=O) groups excluding carboxylic acids is 1. The van der Waals surface area contributed by atoms with Crippen LogP contribution in [0.25, 0.3) is 0 Å². The van der Waals surface area contributed by atoms with E-state index in [0.29, 0.717) is 0 Å². The summed E-state index contributed by atoms with van der Waals surface area (Å²) in [6.07, 6.45) is 0. The van der Waals surface area contributed by atoms with E-state index in [2.05, 4.69) is 25.7 Å². The number of rotatable bonds is 5. The molecule has 0 atom stereocenters. The first-order valence-corrected chi connectivity index (χ1v) is 6.37. The molecule has 0 unspecified atom stereocenters. The molecule has 0 amide bonds. The largest absolute Gasteiger partial charge is 0.373 e. The Balaban J connectivity index is 2.94. The summed E-state index contributed by atoms with van der Waals surface area (Å²) in [7, 11) is 6.10. The van der Waals surface area contributed by atoms with Crippen molar-refractivity contribution < 1.29 is 4.79 Å². The lowest BCUT2D eigenvalue weighted by Crippen LogP contribution is -2.29. The molecule has 17 heavy (non-hydrogen) atoms. The summed E-state index contributed by atoms with van der Waals surface area (Å²) in [5.74, 6) is 0.101. The van der Waals surface area contributed by atoms with Gasteiger partial charge in [-0.3, -0.25) is 4.79 Å². The van der Waals surface area contributed by atoms with E-state index in [1.807, 2.05) is 39.3 Å². The predicted molar refractivity (Wildman–Crippen MR) is 76.0 cm³/mol. The van der Waals surface area contributed by atoms with Crippen LogP contribution in [0.15, 0.2) is 22.7 Å². The van der Waals surface area contributed by atoms with Crippen LogP contribution in [0, 0.1) is 0 Å². The lowest BCUT2D eigenvalue weighted by atomic mass is 10.1. The van der Waals surface area contributed by atoms with Crippen LogP contribution in [0.1, 0.15) is 17.3 Å². The molecule has 4 heteroatoms. The fourth-order valence-corrected chi connectivity index (χ4v) is 1.94. The second-order valence-corrected chi connectivity index (χ2v) is 5.36. The van der Waals surface area contributed by atoms with Crippen LogP contribution in [-0.2, 0) is 0 Å². The highest BCUT2D eigenvalue weighted by Crippen LogP contribution is 2.24. The number of nitrogens with zero attached hydrogens (tertiary/aromatic N) is 2. The van der Waals surface area contributed by atoms with Crippen molar-refractivity contribution in [3.05, 3.63) is 28.2 Å². The van der Waals surface area contributed by atoms with Gasteiger partial charge in [-0.2, -0.15) is 0 Å². The molecule has 0 N–H and O–H groups in total. The first kappa shape index (κ1) is 14.2. The van der Waals surface area contributed by atoms with Gasteiger partial charge in [-0.05, 0) is 39.2 Å². The second kappa shape index (κ2) is 6.17. The van der Waals surface area contributed by atoms with Crippen molar-refractivity contribution in [2.75, 3.05) is 39.1 Å². The van der Waals surface area contributed by atoms with Crippen LogP contribution >= 0.6 is 15.9 Å². The van der Waals surface area contributed by atoms with E-state index in [9.17, 15) is 4.79 Å². The van der Waals surface area contributed by atoms with Crippen LogP contribution in [-0.4, -0.2) is 44.9 Å². The van der Waals surface area contributed by atoms with E-state index in [-0.39, 0.29) is 5.78 Å². The third kappa shape index (κ3) is 4.13. The Morgan fingerprint density at radius 1 is 1.24 bits per heavy atom. The highest BCUT2D eigenvalue weighted by atomic mass is 79.9. The first-order valence-electron chi connectivity index (χ1n) is 5.58. The zero-order valence-electron chi connectivity index (χ0n) is 10.8. The molecule has 1 aromatic carbocycles. The summed E-state index contributed by atoms with van der Waals surface area (Å²) in [5, 5.41) is 0. The van der Waals surface area contributed by atoms with Gasteiger partial charge in [-0.25, -0.2) is 0 Å². The summed E-state index contributed by atoms with van der Waals surface area (Å²) in [6, 6.07) is 5.76. The molecule has 94 valence electrons. The van der Waals surface area contributed by atoms with E-state index in [1.165, 1.54) is 0 Å². The van der Waals surface area contributed by atoms with Crippen LogP contribution in [0.4, 0.5) is 5.69 Å². The van der Waals surface area contributed by atoms with Crippen molar-refractivity contribution >= 4 is 27.4 Å². The van der Waals surface area contributed by atoms with E-state index < -0.39 is 0 Å². The summed E-state index contributed by atoms with van der Waals surface area (Å²) < 4.78 is 0.995. The highest BCUT2D eigenvalue weighted by Gasteiger charge is 2.11. The number of hydrogen-bond donors (Lipinski definition) is 0. The number of benzene rings is 1. The summed E-state index contributed by atoms with van der Waals surface area (Å²) in [6.45, 7) is 3.45. The molecule has 0 radical (unpaired) electrons. The molecule has 0 aromatic heterocycles. The monoisotopic (exact) mass is 298 g/mol. The van der Waals surface area contributed by atoms with E-state index in [4.69, 9.17) is 0 Å². The highest BCUT2D eigenvalue weighted by molar-refractivity contribution is 9.10. The van der Waals surface area contributed by atoms with E-state index in [1.54, 1.807) is 6.92 Å². The first-order chi connectivity index (χ1) is 7.91. The molecule has 3 nitrogen and oxygen atoms in total. The summed E-state index contributed by atoms with van der Waals surface area (Å²) in [5.41, 5.74) is 1.75. The molecule has 0 aliphatic rings. The van der Waals surface area contributed by atoms with E-state index >= 15 is 0 Å². The van der Waals surface area contributed by atoms with Gasteiger partial charge in [-0.1, -0.05) is 15.9 Å². The normalized spacial score (nSPS) is 10.7. The Labute approximate surface area is 112 Å². The molecule has 1 aromatic rings. The standard InChI is InChI=1S/C13H19BrN2O/c1-10(17)12-6-5-11(14)9-13(12)16(4)8-7-15(2)3/h5-6,9H,7-8H2,1-4H3. The number of hydrogen-bond acceptors (Lipinski definition) is 3. The maximum atomic E-state index is 11.6. The fraction of sp³-hybridized carbons (Fsp3) is 0.462. The van der Waals surface area contributed by atoms with Crippen molar-refractivity contribution in [3.8, 4) is 0 Å². The Bertz CT molecular complexity index is 404. The van der Waals surface area contributed by atoms with Gasteiger partial charge in [-0.15, -0.1) is 0 Å². The van der Waals surface area contributed by atoms with Crippen LogP contribution < -0.4 is 4.90 Å². The molecule has 0 heterocycles. The fourth-order valence-electron chi connectivity index (χ4n) is 1.59. The Morgan fingerprint density at radius 3 is 2.41 bits per heavy atom. The maximum absolute atomic E-state index is 11.6. The van der Waals surface area contributed by atoms with Crippen LogP contribution in [0.5, 0.6) is 0 Å². The molecule has 1 rings (SSSR count). The Kier molecular flexibility index (Phi) is 5.15. The van der Waals surface area contributed by atoms with Crippen LogP contribution in [0.2, 0.25) is 0 Å². The quantitative estimate of drug-likeness (QED) is 0.781.